The van der Waals surface area contributed by atoms with Gasteiger partial charge in [0.05, 0.1) is 5.02 Å². The molecule has 0 fully saturated rings. The first kappa shape index (κ1) is 9.29. The minimum atomic E-state index is 0.607. The maximum Gasteiger partial charge on any atom is 0.178 e. The second-order valence-corrected chi connectivity index (χ2v) is 5.35. The van der Waals surface area contributed by atoms with Gasteiger partial charge in [0.1, 0.15) is 5.01 Å². The van der Waals surface area contributed by atoms with Gasteiger partial charge in [-0.05, 0) is 28.7 Å². The molecule has 2 aromatic heterocycles. The SMILES string of the molecule is Clc1cnccc1-c1nnc(I)s1. The molecule has 13 heavy (non-hydrogen) atoms. The summed E-state index contributed by atoms with van der Waals surface area (Å²) in [5.41, 5.74) is 0.886. The number of hydrogen-bond donors (Lipinski definition) is 0. The second kappa shape index (κ2) is 3.85. The maximum absolute atomic E-state index is 5.94. The Hall–Kier alpha value is -0.270. The molecular formula is C7H3ClIN3S. The van der Waals surface area contributed by atoms with Crippen molar-refractivity contribution in [3.8, 4) is 10.6 Å². The van der Waals surface area contributed by atoms with E-state index >= 15 is 0 Å². The predicted octanol–water partition coefficient (Wildman–Crippen LogP) is 2.86. The molecule has 0 aromatic carbocycles. The van der Waals surface area contributed by atoms with Gasteiger partial charge in [-0.15, -0.1) is 10.2 Å². The highest BCUT2D eigenvalue weighted by atomic mass is 127. The van der Waals surface area contributed by atoms with E-state index < -0.39 is 0 Å². The largest absolute Gasteiger partial charge is 0.263 e. The number of hydrogen-bond acceptors (Lipinski definition) is 4. The zero-order valence-electron chi connectivity index (χ0n) is 6.24. The van der Waals surface area contributed by atoms with Crippen LogP contribution < -0.4 is 0 Å². The molecule has 3 nitrogen and oxygen atoms in total. The Bertz CT molecular complexity index is 431. The van der Waals surface area contributed by atoms with Gasteiger partial charge in [-0.25, -0.2) is 0 Å². The zero-order valence-corrected chi connectivity index (χ0v) is 9.97. The van der Waals surface area contributed by atoms with E-state index in [1.165, 1.54) is 11.3 Å². The van der Waals surface area contributed by atoms with E-state index in [0.29, 0.717) is 5.02 Å². The van der Waals surface area contributed by atoms with Crippen LogP contribution in [0.3, 0.4) is 0 Å². The summed E-state index contributed by atoms with van der Waals surface area (Å²) in [6.07, 6.45) is 3.29. The van der Waals surface area contributed by atoms with Gasteiger partial charge in [0.2, 0.25) is 0 Å². The quantitative estimate of drug-likeness (QED) is 0.758. The Balaban J connectivity index is 2.52. The molecule has 0 bridgehead atoms. The van der Waals surface area contributed by atoms with Gasteiger partial charge in [0, 0.05) is 18.0 Å². The highest BCUT2D eigenvalue weighted by Crippen LogP contribution is 2.29. The van der Waals surface area contributed by atoms with E-state index in [-0.39, 0.29) is 0 Å². The first-order valence-electron chi connectivity index (χ1n) is 3.36. The Labute approximate surface area is 97.3 Å². The maximum atomic E-state index is 5.94. The lowest BCUT2D eigenvalue weighted by Crippen LogP contribution is -1.79. The minimum Gasteiger partial charge on any atom is -0.263 e. The van der Waals surface area contributed by atoms with E-state index in [9.17, 15) is 0 Å². The monoisotopic (exact) mass is 323 g/mol. The molecule has 2 aromatic rings. The number of nitrogens with zero attached hydrogens (tertiary/aromatic N) is 3. The first-order chi connectivity index (χ1) is 6.27. The lowest BCUT2D eigenvalue weighted by Gasteiger charge is -1.95. The van der Waals surface area contributed by atoms with Crippen molar-refractivity contribution in [2.75, 3.05) is 0 Å². The Morgan fingerprint density at radius 2 is 2.23 bits per heavy atom. The van der Waals surface area contributed by atoms with E-state index in [4.69, 9.17) is 11.6 Å². The fraction of sp³-hybridized carbons (Fsp3) is 0. The number of aromatic nitrogens is 3. The van der Waals surface area contributed by atoms with Crippen molar-refractivity contribution >= 4 is 45.5 Å². The molecule has 0 aliphatic rings. The van der Waals surface area contributed by atoms with Crippen molar-refractivity contribution in [3.63, 3.8) is 0 Å². The summed E-state index contributed by atoms with van der Waals surface area (Å²) in [6.45, 7) is 0. The van der Waals surface area contributed by atoms with Crippen LogP contribution in [0.1, 0.15) is 0 Å². The van der Waals surface area contributed by atoms with E-state index in [1.54, 1.807) is 12.4 Å². The molecule has 0 aliphatic carbocycles. The summed E-state index contributed by atoms with van der Waals surface area (Å²) in [7, 11) is 0. The van der Waals surface area contributed by atoms with Gasteiger partial charge in [-0.1, -0.05) is 22.9 Å². The van der Waals surface area contributed by atoms with Crippen molar-refractivity contribution in [1.29, 1.82) is 0 Å². The molecule has 0 amide bonds. The normalized spacial score (nSPS) is 10.3. The zero-order chi connectivity index (χ0) is 9.26. The third-order valence-electron chi connectivity index (χ3n) is 1.40. The molecular weight excluding hydrogens is 321 g/mol. The molecule has 2 rings (SSSR count). The van der Waals surface area contributed by atoms with Crippen LogP contribution in [0.2, 0.25) is 5.02 Å². The van der Waals surface area contributed by atoms with Gasteiger partial charge in [-0.2, -0.15) is 0 Å². The van der Waals surface area contributed by atoms with Gasteiger partial charge >= 0.3 is 0 Å². The molecule has 0 aliphatic heterocycles. The molecule has 0 N–H and O–H groups in total. The van der Waals surface area contributed by atoms with Crippen molar-refractivity contribution in [2.24, 2.45) is 0 Å². The molecule has 6 heteroatoms. The van der Waals surface area contributed by atoms with E-state index in [1.807, 2.05) is 6.07 Å². The summed E-state index contributed by atoms with van der Waals surface area (Å²) in [5.74, 6) is 0. The second-order valence-electron chi connectivity index (χ2n) is 2.22. The van der Waals surface area contributed by atoms with E-state index in [0.717, 1.165) is 13.6 Å². The van der Waals surface area contributed by atoms with Crippen LogP contribution in [0.15, 0.2) is 18.5 Å². The molecule has 0 saturated heterocycles. The van der Waals surface area contributed by atoms with Crippen LogP contribution in [0, 0.1) is 3.01 Å². The highest BCUT2D eigenvalue weighted by molar-refractivity contribution is 14.1. The fourth-order valence-corrected chi connectivity index (χ4v) is 2.47. The highest BCUT2D eigenvalue weighted by Gasteiger charge is 2.07. The van der Waals surface area contributed by atoms with Crippen LogP contribution in [0.25, 0.3) is 10.6 Å². The number of rotatable bonds is 1. The van der Waals surface area contributed by atoms with E-state index in [2.05, 4.69) is 37.8 Å². The lowest BCUT2D eigenvalue weighted by molar-refractivity contribution is 1.07. The van der Waals surface area contributed by atoms with Crippen molar-refractivity contribution in [2.45, 2.75) is 0 Å². The van der Waals surface area contributed by atoms with Crippen LogP contribution in [-0.2, 0) is 0 Å². The van der Waals surface area contributed by atoms with Gasteiger partial charge < -0.3 is 0 Å². The average Bonchev–Trinajstić information content (AvgIpc) is 2.53. The van der Waals surface area contributed by atoms with Crippen LogP contribution in [0.5, 0.6) is 0 Å². The standard InChI is InChI=1S/C7H3ClIN3S/c8-5-3-10-2-1-4(5)6-11-12-7(9)13-6/h1-3H. The van der Waals surface area contributed by atoms with Crippen molar-refractivity contribution in [1.82, 2.24) is 15.2 Å². The smallest absolute Gasteiger partial charge is 0.178 e. The predicted molar refractivity (Wildman–Crippen MR) is 60.9 cm³/mol. The third kappa shape index (κ3) is 1.97. The molecule has 0 spiro atoms. The molecule has 66 valence electrons. The van der Waals surface area contributed by atoms with Crippen molar-refractivity contribution in [3.05, 3.63) is 26.5 Å². The molecule has 0 unspecified atom stereocenters. The third-order valence-corrected chi connectivity index (χ3v) is 3.33. The molecule has 2 heterocycles. The number of pyridine rings is 1. The van der Waals surface area contributed by atoms with Gasteiger partial charge in [0.25, 0.3) is 0 Å². The summed E-state index contributed by atoms with van der Waals surface area (Å²) in [6, 6.07) is 1.83. The van der Waals surface area contributed by atoms with Gasteiger partial charge in [0.15, 0.2) is 3.01 Å². The lowest BCUT2D eigenvalue weighted by atomic mass is 10.3. The number of halogens is 2. The molecule has 0 atom stereocenters. The minimum absolute atomic E-state index is 0.607. The Morgan fingerprint density at radius 3 is 2.85 bits per heavy atom. The van der Waals surface area contributed by atoms with Crippen molar-refractivity contribution < 1.29 is 0 Å². The topological polar surface area (TPSA) is 38.7 Å². The van der Waals surface area contributed by atoms with Crippen LogP contribution in [-0.4, -0.2) is 15.2 Å². The van der Waals surface area contributed by atoms with Crippen LogP contribution >= 0.6 is 45.5 Å². The Morgan fingerprint density at radius 1 is 1.38 bits per heavy atom. The van der Waals surface area contributed by atoms with Gasteiger partial charge in [-0.3, -0.25) is 4.98 Å². The summed E-state index contributed by atoms with van der Waals surface area (Å²) < 4.78 is 0.903. The first-order valence-corrected chi connectivity index (χ1v) is 5.63. The van der Waals surface area contributed by atoms with Crippen LogP contribution in [0.4, 0.5) is 0 Å². The molecule has 0 saturated carbocycles. The summed E-state index contributed by atoms with van der Waals surface area (Å²) >= 11 is 9.57. The average molecular weight is 324 g/mol. The Kier molecular flexibility index (Phi) is 2.75. The fourth-order valence-electron chi connectivity index (χ4n) is 0.863. The summed E-state index contributed by atoms with van der Waals surface area (Å²) in [5, 5.41) is 9.34. The molecule has 0 radical (unpaired) electrons. The summed E-state index contributed by atoms with van der Waals surface area (Å²) in [4.78, 5) is 3.90.